The molecule has 0 radical (unpaired) electrons. The Morgan fingerprint density at radius 3 is 3.00 bits per heavy atom. The minimum Gasteiger partial charge on any atom is -0.490 e. The maximum absolute atomic E-state index is 11.4. The Balaban J connectivity index is 1.45. The van der Waals surface area contributed by atoms with Crippen LogP contribution in [0.2, 0.25) is 0 Å². The van der Waals surface area contributed by atoms with Gasteiger partial charge in [0.15, 0.2) is 11.4 Å². The van der Waals surface area contributed by atoms with Crippen molar-refractivity contribution in [3.63, 3.8) is 0 Å². The molecular weight excluding hydrogens is 290 g/mol. The summed E-state index contributed by atoms with van der Waals surface area (Å²) in [5.41, 5.74) is 0.791. The first-order valence-electron chi connectivity index (χ1n) is 6.77. The molecule has 0 N–H and O–H groups in total. The summed E-state index contributed by atoms with van der Waals surface area (Å²) in [4.78, 5) is 28.4. The normalized spacial score (nSPS) is 15.1. The second-order valence-electron chi connectivity index (χ2n) is 4.69. The lowest BCUT2D eigenvalue weighted by molar-refractivity contribution is -0.124. The lowest BCUT2D eigenvalue weighted by Gasteiger charge is -2.12. The average Bonchev–Trinajstić information content (AvgIpc) is 3.08. The Bertz CT molecular complexity index is 654. The van der Waals surface area contributed by atoms with Crippen LogP contribution in [-0.4, -0.2) is 44.3 Å². The third kappa shape index (κ3) is 3.02. The number of hydrogen-bond donors (Lipinski definition) is 0. The van der Waals surface area contributed by atoms with Crippen LogP contribution in [0.5, 0.6) is 5.75 Å². The van der Waals surface area contributed by atoms with Gasteiger partial charge in [-0.05, 0) is 25.0 Å². The summed E-state index contributed by atoms with van der Waals surface area (Å²) in [5.74, 6) is 0.927. The van der Waals surface area contributed by atoms with E-state index >= 15 is 0 Å². The number of imidazole rings is 1. The van der Waals surface area contributed by atoms with Crippen LogP contribution in [0.3, 0.4) is 0 Å². The van der Waals surface area contributed by atoms with E-state index in [1.54, 1.807) is 6.20 Å². The number of thioether (sulfide) groups is 1. The summed E-state index contributed by atoms with van der Waals surface area (Å²) in [6.45, 7) is 1.01. The van der Waals surface area contributed by atoms with E-state index in [0.29, 0.717) is 13.2 Å². The first-order valence-corrected chi connectivity index (χ1v) is 7.76. The zero-order valence-electron chi connectivity index (χ0n) is 11.4. The summed E-state index contributed by atoms with van der Waals surface area (Å²) < 4.78 is 7.62. The van der Waals surface area contributed by atoms with E-state index in [4.69, 9.17) is 4.74 Å². The SMILES string of the molecule is O=C1CSC(=O)N1CCCCOc1cccn2ccnc12. The van der Waals surface area contributed by atoms with Crippen LogP contribution < -0.4 is 4.74 Å². The van der Waals surface area contributed by atoms with Crippen molar-refractivity contribution in [2.75, 3.05) is 18.9 Å². The molecule has 2 aromatic heterocycles. The molecule has 3 rings (SSSR count). The molecule has 1 aliphatic heterocycles. The molecule has 110 valence electrons. The summed E-state index contributed by atoms with van der Waals surface area (Å²) in [6, 6.07) is 3.79. The fourth-order valence-electron chi connectivity index (χ4n) is 2.19. The van der Waals surface area contributed by atoms with E-state index < -0.39 is 0 Å². The quantitative estimate of drug-likeness (QED) is 0.765. The fourth-order valence-corrected chi connectivity index (χ4v) is 2.94. The molecule has 3 heterocycles. The Kier molecular flexibility index (Phi) is 4.10. The highest BCUT2D eigenvalue weighted by Gasteiger charge is 2.28. The number of unbranched alkanes of at least 4 members (excludes halogenated alkanes) is 1. The number of imide groups is 1. The van der Waals surface area contributed by atoms with E-state index in [2.05, 4.69) is 4.98 Å². The molecule has 21 heavy (non-hydrogen) atoms. The minimum atomic E-state index is -0.136. The highest BCUT2D eigenvalue weighted by molar-refractivity contribution is 8.14. The van der Waals surface area contributed by atoms with Crippen molar-refractivity contribution >= 4 is 28.6 Å². The molecule has 0 atom stereocenters. The minimum absolute atomic E-state index is 0.0897. The van der Waals surface area contributed by atoms with Crippen molar-refractivity contribution in [3.05, 3.63) is 30.7 Å². The molecule has 6 nitrogen and oxygen atoms in total. The molecule has 1 saturated heterocycles. The van der Waals surface area contributed by atoms with Crippen LogP contribution >= 0.6 is 11.8 Å². The van der Waals surface area contributed by atoms with Gasteiger partial charge in [-0.3, -0.25) is 14.5 Å². The van der Waals surface area contributed by atoms with Gasteiger partial charge >= 0.3 is 0 Å². The maximum Gasteiger partial charge on any atom is 0.288 e. The smallest absolute Gasteiger partial charge is 0.288 e. The topological polar surface area (TPSA) is 63.9 Å². The molecule has 0 saturated carbocycles. The second-order valence-corrected chi connectivity index (χ2v) is 5.61. The molecular formula is C14H15N3O3S. The number of nitrogens with zero attached hydrogens (tertiary/aromatic N) is 3. The number of carbonyl (C=O) groups is 2. The molecule has 0 aromatic carbocycles. The van der Waals surface area contributed by atoms with Crippen molar-refractivity contribution in [2.24, 2.45) is 0 Å². The number of ether oxygens (including phenoxy) is 1. The predicted molar refractivity (Wildman–Crippen MR) is 79.5 cm³/mol. The van der Waals surface area contributed by atoms with Crippen LogP contribution in [0.15, 0.2) is 30.7 Å². The van der Waals surface area contributed by atoms with E-state index in [0.717, 1.165) is 36.0 Å². The molecule has 1 fully saturated rings. The number of pyridine rings is 1. The van der Waals surface area contributed by atoms with E-state index in [1.807, 2.05) is 28.9 Å². The summed E-state index contributed by atoms with van der Waals surface area (Å²) >= 11 is 1.07. The zero-order valence-corrected chi connectivity index (χ0v) is 12.2. The number of fused-ring (bicyclic) bond motifs is 1. The second kappa shape index (κ2) is 6.17. The Labute approximate surface area is 126 Å². The van der Waals surface area contributed by atoms with Gasteiger partial charge in [-0.15, -0.1) is 0 Å². The Morgan fingerprint density at radius 1 is 1.29 bits per heavy atom. The van der Waals surface area contributed by atoms with Gasteiger partial charge in [0.1, 0.15) is 0 Å². The van der Waals surface area contributed by atoms with Crippen LogP contribution in [0.25, 0.3) is 5.65 Å². The van der Waals surface area contributed by atoms with Crippen molar-refractivity contribution in [2.45, 2.75) is 12.8 Å². The van der Waals surface area contributed by atoms with E-state index in [-0.39, 0.29) is 16.9 Å². The first-order chi connectivity index (χ1) is 10.3. The molecule has 0 unspecified atom stereocenters. The van der Waals surface area contributed by atoms with Gasteiger partial charge in [-0.2, -0.15) is 0 Å². The predicted octanol–water partition coefficient (Wildman–Crippen LogP) is 2.19. The van der Waals surface area contributed by atoms with Gasteiger partial charge in [0.25, 0.3) is 5.24 Å². The molecule has 0 spiro atoms. The lowest BCUT2D eigenvalue weighted by Crippen LogP contribution is -2.29. The zero-order chi connectivity index (χ0) is 14.7. The number of amides is 2. The number of aromatic nitrogens is 2. The Morgan fingerprint density at radius 2 is 2.19 bits per heavy atom. The molecule has 7 heteroatoms. The van der Waals surface area contributed by atoms with Gasteiger partial charge in [0.05, 0.1) is 12.4 Å². The number of carbonyl (C=O) groups excluding carboxylic acids is 2. The van der Waals surface area contributed by atoms with Crippen LogP contribution in [0.4, 0.5) is 4.79 Å². The first kappa shape index (κ1) is 13.9. The molecule has 1 aliphatic rings. The molecule has 2 aromatic rings. The molecule has 2 amide bonds. The van der Waals surface area contributed by atoms with Gasteiger partial charge in [0, 0.05) is 25.1 Å². The highest BCUT2D eigenvalue weighted by atomic mass is 32.2. The van der Waals surface area contributed by atoms with Crippen LogP contribution in [0.1, 0.15) is 12.8 Å². The third-order valence-electron chi connectivity index (χ3n) is 3.26. The van der Waals surface area contributed by atoms with Gasteiger partial charge in [0.2, 0.25) is 5.91 Å². The van der Waals surface area contributed by atoms with E-state index in [9.17, 15) is 9.59 Å². The van der Waals surface area contributed by atoms with Crippen molar-refractivity contribution < 1.29 is 14.3 Å². The lowest BCUT2D eigenvalue weighted by atomic mass is 10.3. The van der Waals surface area contributed by atoms with Gasteiger partial charge in [-0.25, -0.2) is 4.98 Å². The van der Waals surface area contributed by atoms with Crippen LogP contribution in [-0.2, 0) is 4.79 Å². The fraction of sp³-hybridized carbons (Fsp3) is 0.357. The maximum atomic E-state index is 11.4. The van der Waals surface area contributed by atoms with Gasteiger partial charge in [-0.1, -0.05) is 11.8 Å². The van der Waals surface area contributed by atoms with Crippen molar-refractivity contribution in [1.29, 1.82) is 0 Å². The van der Waals surface area contributed by atoms with Gasteiger partial charge < -0.3 is 9.14 Å². The standard InChI is InChI=1S/C14H15N3O3S/c18-12-10-21-14(19)17(12)7-1-2-9-20-11-4-3-6-16-8-5-15-13(11)16/h3-6,8H,1-2,7,9-10H2. The van der Waals surface area contributed by atoms with E-state index in [1.165, 1.54) is 4.90 Å². The third-order valence-corrected chi connectivity index (χ3v) is 4.12. The highest BCUT2D eigenvalue weighted by Crippen LogP contribution is 2.20. The summed E-state index contributed by atoms with van der Waals surface area (Å²) in [5, 5.41) is -0.136. The van der Waals surface area contributed by atoms with Crippen LogP contribution in [0, 0.1) is 0 Å². The summed E-state index contributed by atoms with van der Waals surface area (Å²) in [6.07, 6.45) is 7.03. The molecule has 0 aliphatic carbocycles. The largest absolute Gasteiger partial charge is 0.490 e. The average molecular weight is 305 g/mol. The Hall–Kier alpha value is -2.02. The monoisotopic (exact) mass is 305 g/mol. The summed E-state index contributed by atoms with van der Waals surface area (Å²) in [7, 11) is 0. The van der Waals surface area contributed by atoms with Crippen molar-refractivity contribution in [1.82, 2.24) is 14.3 Å². The number of rotatable bonds is 6. The van der Waals surface area contributed by atoms with Crippen molar-refractivity contribution in [3.8, 4) is 5.75 Å². The molecule has 0 bridgehead atoms. The number of hydrogen-bond acceptors (Lipinski definition) is 5.